The highest BCUT2D eigenvalue weighted by Gasteiger charge is 2.33. The molecule has 0 amide bonds. The van der Waals surface area contributed by atoms with Crippen LogP contribution in [-0.4, -0.2) is 12.0 Å². The summed E-state index contributed by atoms with van der Waals surface area (Å²) < 4.78 is 0. The van der Waals surface area contributed by atoms with E-state index in [0.29, 0.717) is 5.92 Å². The van der Waals surface area contributed by atoms with Crippen molar-refractivity contribution in [2.24, 2.45) is 0 Å². The Hall–Kier alpha value is -2.09. The molecular weight excluding hydrogens is 280 g/mol. The van der Waals surface area contributed by atoms with Gasteiger partial charge in [0.15, 0.2) is 0 Å². The summed E-state index contributed by atoms with van der Waals surface area (Å²) in [6.07, 6.45) is 6.38. The molecule has 23 heavy (non-hydrogen) atoms. The molecule has 0 aliphatic heterocycles. The van der Waals surface area contributed by atoms with Gasteiger partial charge in [-0.2, -0.15) is 0 Å². The molecule has 120 valence electrons. The van der Waals surface area contributed by atoms with E-state index in [-0.39, 0.29) is 5.41 Å². The van der Waals surface area contributed by atoms with Gasteiger partial charge in [0.05, 0.1) is 5.69 Å². The lowest BCUT2D eigenvalue weighted by Crippen LogP contribution is -2.26. The first-order valence-corrected chi connectivity index (χ1v) is 8.36. The monoisotopic (exact) mass is 306 g/mol. The van der Waals surface area contributed by atoms with Crippen molar-refractivity contribution >= 4 is 16.3 Å². The van der Waals surface area contributed by atoms with Crippen molar-refractivity contribution in [3.05, 3.63) is 59.1 Å². The molecule has 2 aromatic rings. The normalized spacial score (nSPS) is 18.2. The molecule has 2 nitrogen and oxygen atoms in total. The fraction of sp³-hybridized carbons (Fsp3) is 0.381. The van der Waals surface area contributed by atoms with E-state index < -0.39 is 0 Å². The Balaban J connectivity index is 2.39. The van der Waals surface area contributed by atoms with Gasteiger partial charge >= 0.3 is 0 Å². The third-order valence-corrected chi connectivity index (χ3v) is 4.97. The number of rotatable bonds is 2. The van der Waals surface area contributed by atoms with Gasteiger partial charge in [0.2, 0.25) is 0 Å². The number of nitrogens with one attached hydrogen (secondary N) is 1. The molecule has 1 heterocycles. The van der Waals surface area contributed by atoms with Crippen LogP contribution in [0.3, 0.4) is 0 Å². The maximum absolute atomic E-state index is 4.78. The van der Waals surface area contributed by atoms with Crippen LogP contribution < -0.4 is 5.32 Å². The van der Waals surface area contributed by atoms with Crippen molar-refractivity contribution in [2.45, 2.75) is 46.0 Å². The molecule has 0 radical (unpaired) electrons. The Morgan fingerprint density at radius 3 is 2.61 bits per heavy atom. The molecule has 1 N–H and O–H groups in total. The molecule has 0 spiro atoms. The summed E-state index contributed by atoms with van der Waals surface area (Å²) >= 11 is 0. The Kier molecular flexibility index (Phi) is 3.79. The Labute approximate surface area is 139 Å². The van der Waals surface area contributed by atoms with Gasteiger partial charge in [0.25, 0.3) is 0 Å². The predicted octanol–water partition coefficient (Wildman–Crippen LogP) is 5.16. The number of allylic oxidation sites excluding steroid dienone is 3. The molecule has 0 bridgehead atoms. The summed E-state index contributed by atoms with van der Waals surface area (Å²) in [4.78, 5) is 4.78. The van der Waals surface area contributed by atoms with Gasteiger partial charge in [-0.3, -0.25) is 4.98 Å². The van der Waals surface area contributed by atoms with Crippen LogP contribution in [0.4, 0.5) is 0 Å². The second-order valence-electron chi connectivity index (χ2n) is 7.32. The molecule has 1 aromatic heterocycles. The van der Waals surface area contributed by atoms with Crippen molar-refractivity contribution < 1.29 is 0 Å². The van der Waals surface area contributed by atoms with Crippen LogP contribution in [0, 0.1) is 0 Å². The molecule has 3 rings (SSSR count). The molecule has 0 atom stereocenters. The third kappa shape index (κ3) is 2.46. The first kappa shape index (κ1) is 15.8. The summed E-state index contributed by atoms with van der Waals surface area (Å²) in [5, 5.41) is 5.75. The van der Waals surface area contributed by atoms with Gasteiger partial charge in [-0.25, -0.2) is 0 Å². The van der Waals surface area contributed by atoms with E-state index in [9.17, 15) is 0 Å². The molecule has 2 heteroatoms. The lowest BCUT2D eigenvalue weighted by atomic mass is 9.70. The second kappa shape index (κ2) is 5.52. The van der Waals surface area contributed by atoms with E-state index in [4.69, 9.17) is 4.98 Å². The predicted molar refractivity (Wildman–Crippen MR) is 99.7 cm³/mol. The number of hydrogen-bond acceptors (Lipinski definition) is 2. The summed E-state index contributed by atoms with van der Waals surface area (Å²) in [7, 11) is 1.96. The maximum atomic E-state index is 4.78. The molecule has 0 unspecified atom stereocenters. The molecule has 1 aliphatic rings. The number of benzene rings is 1. The minimum Gasteiger partial charge on any atom is -0.394 e. The number of pyridine rings is 1. The van der Waals surface area contributed by atoms with Crippen LogP contribution >= 0.6 is 0 Å². The van der Waals surface area contributed by atoms with Crippen molar-refractivity contribution in [3.8, 4) is 0 Å². The van der Waals surface area contributed by atoms with Gasteiger partial charge in [-0.15, -0.1) is 0 Å². The Morgan fingerprint density at radius 2 is 1.96 bits per heavy atom. The van der Waals surface area contributed by atoms with Crippen molar-refractivity contribution in [2.75, 3.05) is 7.05 Å². The van der Waals surface area contributed by atoms with E-state index in [2.05, 4.69) is 70.4 Å². The molecule has 1 aromatic carbocycles. The zero-order valence-corrected chi connectivity index (χ0v) is 15.0. The van der Waals surface area contributed by atoms with Crippen molar-refractivity contribution in [1.82, 2.24) is 10.3 Å². The fourth-order valence-corrected chi connectivity index (χ4v) is 3.52. The van der Waals surface area contributed by atoms with E-state index in [1.165, 1.54) is 33.0 Å². The van der Waals surface area contributed by atoms with Crippen molar-refractivity contribution in [3.63, 3.8) is 0 Å². The molecular formula is C21H26N2. The first-order valence-electron chi connectivity index (χ1n) is 8.36. The summed E-state index contributed by atoms with van der Waals surface area (Å²) in [6, 6.07) is 6.80. The van der Waals surface area contributed by atoms with Gasteiger partial charge < -0.3 is 5.32 Å². The molecule has 0 saturated carbocycles. The average molecular weight is 306 g/mol. The maximum Gasteiger partial charge on any atom is 0.0706 e. The van der Waals surface area contributed by atoms with Gasteiger partial charge in [0.1, 0.15) is 0 Å². The van der Waals surface area contributed by atoms with Gasteiger partial charge in [-0.1, -0.05) is 52.0 Å². The lowest BCUT2D eigenvalue weighted by Gasteiger charge is -2.34. The number of aromatic nitrogens is 1. The van der Waals surface area contributed by atoms with Crippen LogP contribution in [0.15, 0.2) is 42.2 Å². The highest BCUT2D eigenvalue weighted by molar-refractivity contribution is 5.92. The minimum atomic E-state index is -0.0695. The topological polar surface area (TPSA) is 24.9 Å². The van der Waals surface area contributed by atoms with E-state index >= 15 is 0 Å². The number of hydrogen-bond donors (Lipinski definition) is 1. The zero-order valence-electron chi connectivity index (χ0n) is 15.0. The smallest absolute Gasteiger partial charge is 0.0706 e. The highest BCUT2D eigenvalue weighted by Crippen LogP contribution is 2.44. The quantitative estimate of drug-likeness (QED) is 0.829. The van der Waals surface area contributed by atoms with Gasteiger partial charge in [-0.05, 0) is 40.5 Å². The highest BCUT2D eigenvalue weighted by atomic mass is 14.8. The lowest BCUT2D eigenvalue weighted by molar-refractivity contribution is 0.628. The largest absolute Gasteiger partial charge is 0.394 e. The zero-order chi connectivity index (χ0) is 16.8. The van der Waals surface area contributed by atoms with Crippen LogP contribution in [0.5, 0.6) is 0 Å². The number of fused-ring (bicyclic) bond motifs is 3. The van der Waals surface area contributed by atoms with Crippen molar-refractivity contribution in [1.29, 1.82) is 0 Å². The fourth-order valence-electron chi connectivity index (χ4n) is 3.52. The van der Waals surface area contributed by atoms with Gasteiger partial charge in [0, 0.05) is 30.2 Å². The number of nitrogens with zero attached hydrogens (tertiary/aromatic N) is 1. The van der Waals surface area contributed by atoms with Crippen LogP contribution in [0.1, 0.15) is 57.4 Å². The van der Waals surface area contributed by atoms with E-state index in [0.717, 1.165) is 5.69 Å². The summed E-state index contributed by atoms with van der Waals surface area (Å²) in [5.74, 6) is 0.527. The molecule has 0 saturated heterocycles. The van der Waals surface area contributed by atoms with Crippen LogP contribution in [-0.2, 0) is 5.41 Å². The Bertz CT molecular complexity index is 823. The minimum absolute atomic E-state index is 0.0695. The first-order chi connectivity index (χ1) is 10.9. The van der Waals surface area contributed by atoms with E-state index in [1.54, 1.807) is 0 Å². The van der Waals surface area contributed by atoms with Crippen LogP contribution in [0.2, 0.25) is 0 Å². The SMILES string of the molecule is CN/C=C1\C=C(C)c2ncc3ccc(C(C)C)cc3c2C1(C)C. The molecule has 0 fully saturated rings. The Morgan fingerprint density at radius 1 is 1.22 bits per heavy atom. The summed E-state index contributed by atoms with van der Waals surface area (Å²) in [5.41, 5.74) is 6.33. The summed E-state index contributed by atoms with van der Waals surface area (Å²) in [6.45, 7) is 11.2. The van der Waals surface area contributed by atoms with E-state index in [1.807, 2.05) is 13.2 Å². The van der Waals surface area contributed by atoms with Crippen LogP contribution in [0.25, 0.3) is 16.3 Å². The standard InChI is InChI=1S/C21H26N2/c1-13(2)15-7-8-16-11-23-20-14(3)9-17(12-22-6)21(4,5)19(20)18(16)10-15/h7-13,22H,1-6H3/b17-12+. The average Bonchev–Trinajstić information content (AvgIpc) is 2.51. The second-order valence-corrected chi connectivity index (χ2v) is 7.32. The third-order valence-electron chi connectivity index (χ3n) is 4.97. The molecule has 1 aliphatic carbocycles.